The summed E-state index contributed by atoms with van der Waals surface area (Å²) in [4.78, 5) is 33.7. The molecule has 0 radical (unpaired) electrons. The molecular formula is C14H24N2O5. The number of urea groups is 1. The van der Waals surface area contributed by atoms with Gasteiger partial charge in [0.1, 0.15) is 0 Å². The molecule has 1 saturated heterocycles. The van der Waals surface area contributed by atoms with Gasteiger partial charge in [0.05, 0.1) is 6.10 Å². The molecule has 1 fully saturated rings. The molecule has 0 bridgehead atoms. The number of aliphatic carboxylic acids is 1. The standard InChI is InChI=1S/C14H24N2O5/c1-3-11-10(4-5-21-11)8-15-14(20)16-12(17)6-9(2)7-13(18)19/h9-11H,3-8H2,1-2H3,(H,18,19)(H2,15,16,17,20). The van der Waals surface area contributed by atoms with Crippen molar-refractivity contribution < 1.29 is 24.2 Å². The van der Waals surface area contributed by atoms with Gasteiger partial charge >= 0.3 is 12.0 Å². The van der Waals surface area contributed by atoms with Gasteiger partial charge < -0.3 is 15.2 Å². The molecule has 0 aromatic heterocycles. The predicted molar refractivity (Wildman–Crippen MR) is 75.7 cm³/mol. The van der Waals surface area contributed by atoms with Crippen molar-refractivity contribution in [1.82, 2.24) is 10.6 Å². The summed E-state index contributed by atoms with van der Waals surface area (Å²) in [7, 11) is 0. The zero-order valence-corrected chi connectivity index (χ0v) is 12.6. The first kappa shape index (κ1) is 17.4. The van der Waals surface area contributed by atoms with Crippen molar-refractivity contribution in [2.75, 3.05) is 13.2 Å². The summed E-state index contributed by atoms with van der Waals surface area (Å²) in [6.07, 6.45) is 1.90. The van der Waals surface area contributed by atoms with E-state index in [1.807, 2.05) is 6.92 Å². The van der Waals surface area contributed by atoms with E-state index in [1.165, 1.54) is 0 Å². The molecule has 1 rings (SSSR count). The first-order valence-electron chi connectivity index (χ1n) is 7.33. The zero-order chi connectivity index (χ0) is 15.8. The normalized spacial score (nSPS) is 22.6. The lowest BCUT2D eigenvalue weighted by atomic mass is 10.00. The fraction of sp³-hybridized carbons (Fsp3) is 0.786. The molecule has 1 aliphatic rings. The largest absolute Gasteiger partial charge is 0.481 e. The Morgan fingerprint density at radius 3 is 2.67 bits per heavy atom. The van der Waals surface area contributed by atoms with Crippen molar-refractivity contribution in [2.45, 2.75) is 45.6 Å². The van der Waals surface area contributed by atoms with Gasteiger partial charge in [0, 0.05) is 31.9 Å². The van der Waals surface area contributed by atoms with Crippen molar-refractivity contribution in [1.29, 1.82) is 0 Å². The number of nitrogens with one attached hydrogen (secondary N) is 2. The maximum atomic E-state index is 11.6. The van der Waals surface area contributed by atoms with Gasteiger partial charge in [-0.1, -0.05) is 13.8 Å². The number of carboxylic acids is 1. The van der Waals surface area contributed by atoms with Gasteiger partial charge in [0.15, 0.2) is 0 Å². The zero-order valence-electron chi connectivity index (χ0n) is 12.6. The topological polar surface area (TPSA) is 105 Å². The molecule has 1 aliphatic heterocycles. The van der Waals surface area contributed by atoms with E-state index < -0.39 is 17.9 Å². The minimum atomic E-state index is -0.952. The van der Waals surface area contributed by atoms with Crippen LogP contribution in [0.5, 0.6) is 0 Å². The molecule has 7 nitrogen and oxygen atoms in total. The second kappa shape index (κ2) is 8.61. The fourth-order valence-electron chi connectivity index (χ4n) is 2.51. The van der Waals surface area contributed by atoms with Gasteiger partial charge in [-0.3, -0.25) is 14.9 Å². The van der Waals surface area contributed by atoms with E-state index in [0.717, 1.165) is 12.8 Å². The van der Waals surface area contributed by atoms with Crippen LogP contribution in [0.3, 0.4) is 0 Å². The van der Waals surface area contributed by atoms with Crippen LogP contribution in [0.1, 0.15) is 39.5 Å². The van der Waals surface area contributed by atoms with Crippen LogP contribution in [0.4, 0.5) is 4.79 Å². The monoisotopic (exact) mass is 300 g/mol. The van der Waals surface area contributed by atoms with Gasteiger partial charge in [0.25, 0.3) is 0 Å². The summed E-state index contributed by atoms with van der Waals surface area (Å²) in [5.74, 6) is -1.44. The smallest absolute Gasteiger partial charge is 0.321 e. The van der Waals surface area contributed by atoms with Crippen LogP contribution in [0, 0.1) is 11.8 Å². The van der Waals surface area contributed by atoms with E-state index >= 15 is 0 Å². The maximum absolute atomic E-state index is 11.6. The van der Waals surface area contributed by atoms with Crippen molar-refractivity contribution in [3.8, 4) is 0 Å². The fourth-order valence-corrected chi connectivity index (χ4v) is 2.51. The van der Waals surface area contributed by atoms with Crippen LogP contribution >= 0.6 is 0 Å². The van der Waals surface area contributed by atoms with Gasteiger partial charge in [-0.2, -0.15) is 0 Å². The first-order valence-corrected chi connectivity index (χ1v) is 7.33. The molecule has 7 heteroatoms. The van der Waals surface area contributed by atoms with E-state index in [2.05, 4.69) is 10.6 Å². The number of rotatable bonds is 7. The molecule has 0 aromatic rings. The van der Waals surface area contributed by atoms with Crippen LogP contribution in [0.2, 0.25) is 0 Å². The SMILES string of the molecule is CCC1OCCC1CNC(=O)NC(=O)CC(C)CC(=O)O. The second-order valence-electron chi connectivity index (χ2n) is 5.53. The van der Waals surface area contributed by atoms with E-state index in [9.17, 15) is 14.4 Å². The highest BCUT2D eigenvalue weighted by Crippen LogP contribution is 2.22. The first-order chi connectivity index (χ1) is 9.92. The number of ether oxygens (including phenoxy) is 1. The summed E-state index contributed by atoms with van der Waals surface area (Å²) >= 11 is 0. The molecule has 0 saturated carbocycles. The molecule has 0 aliphatic carbocycles. The van der Waals surface area contributed by atoms with Crippen LogP contribution in [0.15, 0.2) is 0 Å². The van der Waals surface area contributed by atoms with E-state index in [4.69, 9.17) is 9.84 Å². The Kier molecular flexibility index (Phi) is 7.14. The summed E-state index contributed by atoms with van der Waals surface area (Å²) < 4.78 is 5.52. The van der Waals surface area contributed by atoms with Gasteiger partial charge in [0.2, 0.25) is 5.91 Å². The van der Waals surface area contributed by atoms with Crippen LogP contribution in [-0.4, -0.2) is 42.3 Å². The Bertz CT molecular complexity index is 386. The van der Waals surface area contributed by atoms with Crippen LogP contribution < -0.4 is 10.6 Å². The quantitative estimate of drug-likeness (QED) is 0.653. The average molecular weight is 300 g/mol. The van der Waals surface area contributed by atoms with Crippen molar-refractivity contribution in [3.63, 3.8) is 0 Å². The third-order valence-corrected chi connectivity index (χ3v) is 3.58. The lowest BCUT2D eigenvalue weighted by molar-refractivity contribution is -0.138. The Labute approximate surface area is 124 Å². The number of carboxylic acid groups (broad SMARTS) is 1. The lowest BCUT2D eigenvalue weighted by Crippen LogP contribution is -2.42. The molecule has 3 N–H and O–H groups in total. The number of carbonyl (C=O) groups excluding carboxylic acids is 2. The minimum Gasteiger partial charge on any atom is -0.481 e. The molecule has 120 valence electrons. The predicted octanol–water partition coefficient (Wildman–Crippen LogP) is 1.13. The highest BCUT2D eigenvalue weighted by molar-refractivity contribution is 5.94. The Hall–Kier alpha value is -1.63. The average Bonchev–Trinajstić information content (AvgIpc) is 2.82. The molecule has 3 atom stereocenters. The summed E-state index contributed by atoms with van der Waals surface area (Å²) in [5, 5.41) is 13.5. The molecule has 3 unspecified atom stereocenters. The molecule has 0 spiro atoms. The number of carbonyl (C=O) groups is 3. The third kappa shape index (κ3) is 6.57. The number of amides is 3. The highest BCUT2D eigenvalue weighted by Gasteiger charge is 2.27. The van der Waals surface area contributed by atoms with Crippen molar-refractivity contribution in [2.24, 2.45) is 11.8 Å². The van der Waals surface area contributed by atoms with Crippen molar-refractivity contribution in [3.05, 3.63) is 0 Å². The van der Waals surface area contributed by atoms with Gasteiger partial charge in [-0.05, 0) is 18.8 Å². The van der Waals surface area contributed by atoms with E-state index in [0.29, 0.717) is 13.2 Å². The molecular weight excluding hydrogens is 276 g/mol. The number of imide groups is 1. The van der Waals surface area contributed by atoms with Gasteiger partial charge in [-0.15, -0.1) is 0 Å². The Morgan fingerprint density at radius 1 is 1.33 bits per heavy atom. The maximum Gasteiger partial charge on any atom is 0.321 e. The summed E-state index contributed by atoms with van der Waals surface area (Å²) in [6, 6.07) is -0.538. The van der Waals surface area contributed by atoms with Gasteiger partial charge in [-0.25, -0.2) is 4.79 Å². The van der Waals surface area contributed by atoms with Crippen LogP contribution in [0.25, 0.3) is 0 Å². The second-order valence-corrected chi connectivity index (χ2v) is 5.53. The summed E-state index contributed by atoms with van der Waals surface area (Å²) in [5.41, 5.74) is 0. The van der Waals surface area contributed by atoms with E-state index in [1.54, 1.807) is 6.92 Å². The lowest BCUT2D eigenvalue weighted by Gasteiger charge is -2.17. The third-order valence-electron chi connectivity index (χ3n) is 3.58. The van der Waals surface area contributed by atoms with Crippen LogP contribution in [-0.2, 0) is 14.3 Å². The Morgan fingerprint density at radius 2 is 2.05 bits per heavy atom. The molecule has 21 heavy (non-hydrogen) atoms. The van der Waals surface area contributed by atoms with Crippen molar-refractivity contribution >= 4 is 17.9 Å². The van der Waals surface area contributed by atoms with E-state index in [-0.39, 0.29) is 30.8 Å². The summed E-state index contributed by atoms with van der Waals surface area (Å²) in [6.45, 7) is 4.88. The number of hydrogen-bond donors (Lipinski definition) is 3. The minimum absolute atomic E-state index is 0.0177. The molecule has 3 amide bonds. The highest BCUT2D eigenvalue weighted by atomic mass is 16.5. The number of hydrogen-bond acceptors (Lipinski definition) is 4. The molecule has 1 heterocycles. The molecule has 0 aromatic carbocycles. The Balaban J connectivity index is 2.23.